The summed E-state index contributed by atoms with van der Waals surface area (Å²) >= 11 is 0. The quantitative estimate of drug-likeness (QED) is 0.717. The minimum Gasteiger partial charge on any atom is -0.390 e. The van der Waals surface area contributed by atoms with Gasteiger partial charge in [-0.05, 0) is 55.8 Å². The van der Waals surface area contributed by atoms with E-state index in [1.165, 1.54) is 6.42 Å². The number of hydrogen-bond donors (Lipinski definition) is 2. The molecule has 3 heteroatoms. The number of carbonyl (C=O) groups is 1. The van der Waals surface area contributed by atoms with Crippen LogP contribution in [-0.4, -0.2) is 16.6 Å². The zero-order valence-corrected chi connectivity index (χ0v) is 9.04. The first-order chi connectivity index (χ1) is 6.99. The average Bonchev–Trinajstić information content (AvgIpc) is 1.94. The van der Waals surface area contributed by atoms with E-state index in [2.05, 4.69) is 0 Å². The van der Waals surface area contributed by atoms with Crippen molar-refractivity contribution in [3.63, 3.8) is 0 Å². The molecule has 0 radical (unpaired) electrons. The predicted octanol–water partition coefficient (Wildman–Crippen LogP) is 1.19. The van der Waals surface area contributed by atoms with Crippen LogP contribution in [0.25, 0.3) is 0 Å². The second kappa shape index (κ2) is 2.76. The van der Waals surface area contributed by atoms with Crippen LogP contribution < -0.4 is 5.73 Å². The lowest BCUT2D eigenvalue weighted by Gasteiger charge is -2.60. The van der Waals surface area contributed by atoms with Crippen molar-refractivity contribution in [2.45, 2.75) is 50.5 Å². The Balaban J connectivity index is 1.89. The van der Waals surface area contributed by atoms with Gasteiger partial charge < -0.3 is 10.8 Å². The zero-order valence-electron chi connectivity index (χ0n) is 9.04. The van der Waals surface area contributed by atoms with Gasteiger partial charge >= 0.3 is 0 Å². The number of amides is 1. The lowest BCUT2D eigenvalue weighted by Crippen LogP contribution is -2.56. The number of aliphatic hydroxyl groups is 1. The van der Waals surface area contributed by atoms with E-state index in [1.54, 1.807) is 0 Å². The minimum absolute atomic E-state index is 0.0602. The summed E-state index contributed by atoms with van der Waals surface area (Å²) in [6.07, 6.45) is 6.73. The highest BCUT2D eigenvalue weighted by Gasteiger charge is 2.57. The summed E-state index contributed by atoms with van der Waals surface area (Å²) in [5.74, 6) is 1.10. The molecule has 0 aromatic carbocycles. The van der Waals surface area contributed by atoms with E-state index in [0.717, 1.165) is 32.1 Å². The molecule has 4 rings (SSSR count). The maximum Gasteiger partial charge on any atom is 0.217 e. The number of primary amides is 1. The molecule has 0 aromatic rings. The molecule has 4 bridgehead atoms. The van der Waals surface area contributed by atoms with Crippen molar-refractivity contribution < 1.29 is 9.90 Å². The maximum absolute atomic E-state index is 11.1. The van der Waals surface area contributed by atoms with Crippen molar-refractivity contribution in [1.29, 1.82) is 0 Å². The third-order valence-electron chi connectivity index (χ3n) is 4.70. The van der Waals surface area contributed by atoms with Crippen molar-refractivity contribution in [3.05, 3.63) is 0 Å². The van der Waals surface area contributed by atoms with Crippen molar-refractivity contribution in [2.75, 3.05) is 0 Å². The topological polar surface area (TPSA) is 63.3 Å². The Morgan fingerprint density at radius 2 is 1.87 bits per heavy atom. The molecule has 15 heavy (non-hydrogen) atoms. The molecule has 84 valence electrons. The van der Waals surface area contributed by atoms with Crippen LogP contribution in [0, 0.1) is 17.3 Å². The van der Waals surface area contributed by atoms with Gasteiger partial charge in [0.15, 0.2) is 0 Å². The Labute approximate surface area is 90.0 Å². The molecule has 0 aliphatic heterocycles. The lowest BCUT2D eigenvalue weighted by atomic mass is 9.47. The van der Waals surface area contributed by atoms with Gasteiger partial charge in [0, 0.05) is 6.42 Å². The van der Waals surface area contributed by atoms with Gasteiger partial charge in [0.2, 0.25) is 5.91 Å². The Bertz CT molecular complexity index is 299. The summed E-state index contributed by atoms with van der Waals surface area (Å²) < 4.78 is 0. The van der Waals surface area contributed by atoms with Crippen molar-refractivity contribution >= 4 is 5.91 Å². The highest BCUT2D eigenvalue weighted by atomic mass is 16.3. The van der Waals surface area contributed by atoms with Gasteiger partial charge in [-0.25, -0.2) is 0 Å². The molecule has 0 saturated heterocycles. The summed E-state index contributed by atoms with van der Waals surface area (Å²) in [6.45, 7) is 0. The van der Waals surface area contributed by atoms with Crippen LogP contribution in [0.15, 0.2) is 0 Å². The summed E-state index contributed by atoms with van der Waals surface area (Å²) in [5.41, 5.74) is 4.94. The standard InChI is InChI=1S/C12H19NO2/c13-10(14)6-11-2-8-1-9(3-11)5-12(15,4-8)7-11/h8-9,15H,1-7H2,(H2,13,14). The Hall–Kier alpha value is -0.570. The Kier molecular flexibility index (Phi) is 1.77. The summed E-state index contributed by atoms with van der Waals surface area (Å²) in [6, 6.07) is 0. The molecular formula is C12H19NO2. The highest BCUT2D eigenvalue weighted by molar-refractivity contribution is 5.74. The summed E-state index contributed by atoms with van der Waals surface area (Å²) in [7, 11) is 0. The van der Waals surface area contributed by atoms with Crippen LogP contribution in [0.1, 0.15) is 44.9 Å². The van der Waals surface area contributed by atoms with E-state index < -0.39 is 5.60 Å². The fourth-order valence-corrected chi connectivity index (χ4v) is 4.98. The monoisotopic (exact) mass is 209 g/mol. The molecule has 4 fully saturated rings. The molecule has 4 saturated carbocycles. The fourth-order valence-electron chi connectivity index (χ4n) is 4.98. The minimum atomic E-state index is -0.459. The third-order valence-corrected chi connectivity index (χ3v) is 4.70. The third kappa shape index (κ3) is 1.48. The smallest absolute Gasteiger partial charge is 0.217 e. The van der Waals surface area contributed by atoms with Crippen molar-refractivity contribution in [3.8, 4) is 0 Å². The van der Waals surface area contributed by atoms with Gasteiger partial charge in [0.05, 0.1) is 5.60 Å². The van der Waals surface area contributed by atoms with Crippen LogP contribution in [0.5, 0.6) is 0 Å². The van der Waals surface area contributed by atoms with Crippen LogP contribution in [0.3, 0.4) is 0 Å². The molecule has 2 unspecified atom stereocenters. The first-order valence-electron chi connectivity index (χ1n) is 5.99. The van der Waals surface area contributed by atoms with E-state index in [1.807, 2.05) is 0 Å². The second-order valence-corrected chi connectivity index (χ2v) is 6.33. The molecule has 0 aromatic heterocycles. The number of carbonyl (C=O) groups excluding carboxylic acids is 1. The molecule has 0 heterocycles. The molecule has 3 N–H and O–H groups in total. The van der Waals surface area contributed by atoms with Crippen LogP contribution in [-0.2, 0) is 4.79 Å². The highest BCUT2D eigenvalue weighted by Crippen LogP contribution is 2.62. The first-order valence-corrected chi connectivity index (χ1v) is 5.99. The van der Waals surface area contributed by atoms with Gasteiger partial charge in [-0.3, -0.25) is 4.79 Å². The zero-order chi connectivity index (χ0) is 10.7. The van der Waals surface area contributed by atoms with Gasteiger partial charge in [0.25, 0.3) is 0 Å². The number of nitrogens with two attached hydrogens (primary N) is 1. The Morgan fingerprint density at radius 3 is 2.33 bits per heavy atom. The van der Waals surface area contributed by atoms with Gasteiger partial charge in [-0.1, -0.05) is 0 Å². The average molecular weight is 209 g/mol. The van der Waals surface area contributed by atoms with Crippen LogP contribution in [0.4, 0.5) is 0 Å². The van der Waals surface area contributed by atoms with E-state index >= 15 is 0 Å². The van der Waals surface area contributed by atoms with Crippen molar-refractivity contribution in [1.82, 2.24) is 0 Å². The van der Waals surface area contributed by atoms with E-state index in [-0.39, 0.29) is 11.3 Å². The van der Waals surface area contributed by atoms with Gasteiger partial charge in [-0.15, -0.1) is 0 Å². The molecule has 4 aliphatic carbocycles. The van der Waals surface area contributed by atoms with E-state index in [4.69, 9.17) is 5.73 Å². The predicted molar refractivity (Wildman–Crippen MR) is 55.9 cm³/mol. The van der Waals surface area contributed by atoms with Crippen molar-refractivity contribution in [2.24, 2.45) is 23.0 Å². The fraction of sp³-hybridized carbons (Fsp3) is 0.917. The van der Waals surface area contributed by atoms with Gasteiger partial charge in [-0.2, -0.15) is 0 Å². The molecule has 4 aliphatic rings. The summed E-state index contributed by atoms with van der Waals surface area (Å²) in [4.78, 5) is 11.1. The normalized spacial score (nSPS) is 52.1. The van der Waals surface area contributed by atoms with E-state index in [9.17, 15) is 9.90 Å². The van der Waals surface area contributed by atoms with Gasteiger partial charge in [0.1, 0.15) is 0 Å². The Morgan fingerprint density at radius 1 is 1.27 bits per heavy atom. The number of hydrogen-bond acceptors (Lipinski definition) is 2. The second-order valence-electron chi connectivity index (χ2n) is 6.33. The molecule has 3 nitrogen and oxygen atoms in total. The van der Waals surface area contributed by atoms with E-state index in [0.29, 0.717) is 18.3 Å². The molecule has 2 atom stereocenters. The molecule has 0 spiro atoms. The first kappa shape index (κ1) is 9.64. The SMILES string of the molecule is NC(=O)CC12CC3CC(CC(O)(C3)C1)C2. The van der Waals surface area contributed by atoms with Crippen LogP contribution in [0.2, 0.25) is 0 Å². The lowest BCUT2D eigenvalue weighted by molar-refractivity contribution is -0.168. The molecule has 1 amide bonds. The number of rotatable bonds is 2. The largest absolute Gasteiger partial charge is 0.390 e. The molecular weight excluding hydrogens is 190 g/mol. The maximum atomic E-state index is 11.1. The summed E-state index contributed by atoms with van der Waals surface area (Å²) in [5, 5.41) is 10.4. The van der Waals surface area contributed by atoms with Crippen LogP contribution >= 0.6 is 0 Å².